The summed E-state index contributed by atoms with van der Waals surface area (Å²) in [6.07, 6.45) is 1.56. The monoisotopic (exact) mass is 377 g/mol. The fraction of sp³-hybridized carbons (Fsp3) is 0.182. The lowest BCUT2D eigenvalue weighted by molar-refractivity contribution is 0.102. The van der Waals surface area contributed by atoms with Gasteiger partial charge in [0.25, 0.3) is 5.91 Å². The highest BCUT2D eigenvalue weighted by molar-refractivity contribution is 6.04. The van der Waals surface area contributed by atoms with Crippen molar-refractivity contribution in [3.8, 4) is 11.5 Å². The highest BCUT2D eigenvalue weighted by Crippen LogP contribution is 2.17. The van der Waals surface area contributed by atoms with E-state index in [2.05, 4.69) is 15.6 Å². The molecular formula is C22H23N3O3. The highest BCUT2D eigenvalue weighted by Gasteiger charge is 2.07. The molecule has 2 aromatic carbocycles. The molecule has 1 heterocycles. The molecule has 1 aromatic heterocycles. The van der Waals surface area contributed by atoms with E-state index in [1.165, 1.54) is 0 Å². The minimum atomic E-state index is -0.210. The summed E-state index contributed by atoms with van der Waals surface area (Å²) in [5.41, 5.74) is 2.30. The van der Waals surface area contributed by atoms with Gasteiger partial charge in [-0.15, -0.1) is 0 Å². The normalized spacial score (nSPS) is 10.2. The second-order valence-electron chi connectivity index (χ2n) is 6.05. The average molecular weight is 377 g/mol. The van der Waals surface area contributed by atoms with Crippen molar-refractivity contribution in [1.29, 1.82) is 0 Å². The maximum absolute atomic E-state index is 12.4. The van der Waals surface area contributed by atoms with Crippen LogP contribution in [0.2, 0.25) is 0 Å². The van der Waals surface area contributed by atoms with Gasteiger partial charge < -0.3 is 20.1 Å². The van der Waals surface area contributed by atoms with Crippen LogP contribution < -0.4 is 20.1 Å². The molecule has 0 aliphatic heterocycles. The maximum Gasteiger partial charge on any atom is 0.257 e. The van der Waals surface area contributed by atoms with Crippen molar-refractivity contribution >= 4 is 17.4 Å². The zero-order chi connectivity index (χ0) is 19.8. The molecule has 0 spiro atoms. The number of carbonyl (C=O) groups is 1. The van der Waals surface area contributed by atoms with Gasteiger partial charge in [0.1, 0.15) is 17.3 Å². The number of hydrogen-bond donors (Lipinski definition) is 2. The van der Waals surface area contributed by atoms with E-state index in [1.54, 1.807) is 37.6 Å². The lowest BCUT2D eigenvalue weighted by atomic mass is 10.2. The van der Waals surface area contributed by atoms with Gasteiger partial charge in [-0.3, -0.25) is 4.79 Å². The first-order valence-electron chi connectivity index (χ1n) is 9.05. The van der Waals surface area contributed by atoms with Crippen molar-refractivity contribution in [3.05, 3.63) is 78.0 Å². The number of hydrogen-bond acceptors (Lipinski definition) is 5. The SMILES string of the molecule is CCOc1ccc(NC(=O)c2ccc(NCc3ccc(OC)cc3)nc2)cc1. The van der Waals surface area contributed by atoms with Crippen LogP contribution in [0.1, 0.15) is 22.8 Å². The van der Waals surface area contributed by atoms with Crippen LogP contribution in [-0.4, -0.2) is 24.6 Å². The molecule has 3 rings (SSSR count). The van der Waals surface area contributed by atoms with Crippen molar-refractivity contribution in [2.75, 3.05) is 24.4 Å². The van der Waals surface area contributed by atoms with E-state index in [1.807, 2.05) is 43.3 Å². The van der Waals surface area contributed by atoms with Crippen molar-refractivity contribution in [3.63, 3.8) is 0 Å². The lowest BCUT2D eigenvalue weighted by Crippen LogP contribution is -2.12. The van der Waals surface area contributed by atoms with Crippen LogP contribution in [0, 0.1) is 0 Å². The Kier molecular flexibility index (Phi) is 6.46. The van der Waals surface area contributed by atoms with Gasteiger partial charge in [-0.25, -0.2) is 4.98 Å². The van der Waals surface area contributed by atoms with E-state index in [9.17, 15) is 4.79 Å². The number of amides is 1. The average Bonchev–Trinajstić information content (AvgIpc) is 2.74. The number of aromatic nitrogens is 1. The van der Waals surface area contributed by atoms with Crippen molar-refractivity contribution in [1.82, 2.24) is 4.98 Å². The summed E-state index contributed by atoms with van der Waals surface area (Å²) in [6.45, 7) is 3.17. The molecule has 6 heteroatoms. The van der Waals surface area contributed by atoms with Crippen LogP contribution in [-0.2, 0) is 6.54 Å². The number of anilines is 2. The summed E-state index contributed by atoms with van der Waals surface area (Å²) in [5.74, 6) is 2.09. The summed E-state index contributed by atoms with van der Waals surface area (Å²) in [5, 5.41) is 6.08. The first kappa shape index (κ1) is 19.2. The molecule has 144 valence electrons. The molecule has 6 nitrogen and oxygen atoms in total. The third-order valence-electron chi connectivity index (χ3n) is 4.08. The third kappa shape index (κ3) is 5.23. The van der Waals surface area contributed by atoms with Gasteiger partial charge in [-0.1, -0.05) is 12.1 Å². The fourth-order valence-corrected chi connectivity index (χ4v) is 2.57. The molecule has 0 aliphatic rings. The van der Waals surface area contributed by atoms with Gasteiger partial charge in [-0.2, -0.15) is 0 Å². The molecule has 0 saturated carbocycles. The Balaban J connectivity index is 1.54. The van der Waals surface area contributed by atoms with Gasteiger partial charge in [-0.05, 0) is 61.0 Å². The van der Waals surface area contributed by atoms with Crippen molar-refractivity contribution in [2.45, 2.75) is 13.5 Å². The molecule has 0 unspecified atom stereocenters. The van der Waals surface area contributed by atoms with Crippen LogP contribution in [0.15, 0.2) is 66.9 Å². The number of benzene rings is 2. The summed E-state index contributed by atoms with van der Waals surface area (Å²) >= 11 is 0. The van der Waals surface area contributed by atoms with E-state index in [0.29, 0.717) is 30.2 Å². The number of pyridine rings is 1. The molecule has 0 fully saturated rings. The minimum absolute atomic E-state index is 0.210. The number of nitrogens with zero attached hydrogens (tertiary/aromatic N) is 1. The maximum atomic E-state index is 12.4. The molecule has 0 aliphatic carbocycles. The molecule has 2 N–H and O–H groups in total. The summed E-state index contributed by atoms with van der Waals surface area (Å²) in [6, 6.07) is 18.6. The molecule has 0 radical (unpaired) electrons. The summed E-state index contributed by atoms with van der Waals surface area (Å²) < 4.78 is 10.5. The molecule has 3 aromatic rings. The Morgan fingerprint density at radius 2 is 1.68 bits per heavy atom. The Bertz CT molecular complexity index is 892. The van der Waals surface area contributed by atoms with Crippen LogP contribution in [0.5, 0.6) is 11.5 Å². The number of rotatable bonds is 8. The van der Waals surface area contributed by atoms with Crippen LogP contribution in [0.3, 0.4) is 0 Å². The number of carbonyl (C=O) groups excluding carboxylic acids is 1. The fourth-order valence-electron chi connectivity index (χ4n) is 2.57. The Morgan fingerprint density at radius 1 is 0.964 bits per heavy atom. The predicted octanol–water partition coefficient (Wildman–Crippen LogP) is 4.35. The second kappa shape index (κ2) is 9.41. The van der Waals surface area contributed by atoms with Gasteiger partial charge in [0, 0.05) is 18.4 Å². The predicted molar refractivity (Wildman–Crippen MR) is 110 cm³/mol. The number of methoxy groups -OCH3 is 1. The van der Waals surface area contributed by atoms with E-state index in [0.717, 1.165) is 17.1 Å². The smallest absolute Gasteiger partial charge is 0.257 e. The first-order valence-corrected chi connectivity index (χ1v) is 9.05. The zero-order valence-corrected chi connectivity index (χ0v) is 15.9. The largest absolute Gasteiger partial charge is 0.497 e. The molecule has 0 saturated heterocycles. The Labute approximate surface area is 164 Å². The topological polar surface area (TPSA) is 72.5 Å². The van der Waals surface area contributed by atoms with E-state index < -0.39 is 0 Å². The van der Waals surface area contributed by atoms with Crippen molar-refractivity contribution in [2.24, 2.45) is 0 Å². The number of nitrogens with one attached hydrogen (secondary N) is 2. The third-order valence-corrected chi connectivity index (χ3v) is 4.08. The van der Waals surface area contributed by atoms with Gasteiger partial charge in [0.15, 0.2) is 0 Å². The first-order chi connectivity index (χ1) is 13.7. The molecule has 0 atom stereocenters. The zero-order valence-electron chi connectivity index (χ0n) is 15.9. The summed E-state index contributed by atoms with van der Waals surface area (Å²) in [7, 11) is 1.64. The second-order valence-corrected chi connectivity index (χ2v) is 6.05. The quantitative estimate of drug-likeness (QED) is 0.610. The standard InChI is InChI=1S/C22H23N3O3/c1-3-28-20-11-7-18(8-12-20)25-22(26)17-6-13-21(24-15-17)23-14-16-4-9-19(27-2)10-5-16/h4-13,15H,3,14H2,1-2H3,(H,23,24)(H,25,26). The van der Waals surface area contributed by atoms with E-state index in [-0.39, 0.29) is 5.91 Å². The lowest BCUT2D eigenvalue weighted by Gasteiger charge is -2.09. The van der Waals surface area contributed by atoms with Crippen LogP contribution in [0.25, 0.3) is 0 Å². The summed E-state index contributed by atoms with van der Waals surface area (Å²) in [4.78, 5) is 16.7. The Hall–Kier alpha value is -3.54. The van der Waals surface area contributed by atoms with Gasteiger partial charge in [0.05, 0.1) is 19.3 Å². The van der Waals surface area contributed by atoms with Crippen LogP contribution in [0.4, 0.5) is 11.5 Å². The van der Waals surface area contributed by atoms with Crippen LogP contribution >= 0.6 is 0 Å². The van der Waals surface area contributed by atoms with Crippen molar-refractivity contribution < 1.29 is 14.3 Å². The molecular weight excluding hydrogens is 354 g/mol. The van der Waals surface area contributed by atoms with E-state index in [4.69, 9.17) is 9.47 Å². The van der Waals surface area contributed by atoms with E-state index >= 15 is 0 Å². The minimum Gasteiger partial charge on any atom is -0.497 e. The molecule has 28 heavy (non-hydrogen) atoms. The van der Waals surface area contributed by atoms with Gasteiger partial charge >= 0.3 is 0 Å². The molecule has 0 bridgehead atoms. The molecule has 1 amide bonds. The Morgan fingerprint density at radius 3 is 2.29 bits per heavy atom. The highest BCUT2D eigenvalue weighted by atomic mass is 16.5. The number of ether oxygens (including phenoxy) is 2. The van der Waals surface area contributed by atoms with Gasteiger partial charge in [0.2, 0.25) is 0 Å².